The molecule has 0 aliphatic carbocycles. The minimum absolute atomic E-state index is 0.00263. The molecule has 0 N–H and O–H groups in total. The van der Waals surface area contributed by atoms with Crippen LogP contribution in [0.15, 0.2) is 42.5 Å². The third kappa shape index (κ3) is 6.13. The fourth-order valence-electron chi connectivity index (χ4n) is 3.56. The summed E-state index contributed by atoms with van der Waals surface area (Å²) in [6, 6.07) is 13.1. The minimum atomic E-state index is -0.0604. The highest BCUT2D eigenvalue weighted by molar-refractivity contribution is 5.80. The van der Waals surface area contributed by atoms with Gasteiger partial charge in [-0.15, -0.1) is 0 Å². The van der Waals surface area contributed by atoms with Crippen molar-refractivity contribution in [3.8, 4) is 17.2 Å². The van der Waals surface area contributed by atoms with E-state index in [-0.39, 0.29) is 24.8 Å². The molecule has 166 valence electrons. The SMILES string of the molecule is COc1ccc(CC(=O)N2CCCN(C(=O)COc3ccc(C)cc3)CC2)cc1OC. The van der Waals surface area contributed by atoms with Gasteiger partial charge in [0.15, 0.2) is 18.1 Å². The molecule has 7 nitrogen and oxygen atoms in total. The number of benzene rings is 2. The van der Waals surface area contributed by atoms with Crippen molar-refractivity contribution >= 4 is 11.8 Å². The molecule has 0 atom stereocenters. The Kier molecular flexibility index (Phi) is 7.76. The zero-order valence-electron chi connectivity index (χ0n) is 18.4. The first-order valence-corrected chi connectivity index (χ1v) is 10.5. The summed E-state index contributed by atoms with van der Waals surface area (Å²) in [4.78, 5) is 29.0. The van der Waals surface area contributed by atoms with Crippen LogP contribution in [0.3, 0.4) is 0 Å². The molecule has 1 fully saturated rings. The van der Waals surface area contributed by atoms with E-state index in [0.717, 1.165) is 17.5 Å². The Hall–Kier alpha value is -3.22. The summed E-state index contributed by atoms with van der Waals surface area (Å²) in [6.07, 6.45) is 1.03. The molecule has 1 aliphatic heterocycles. The average Bonchev–Trinajstić information content (AvgIpc) is 3.05. The Morgan fingerprint density at radius 2 is 1.48 bits per heavy atom. The van der Waals surface area contributed by atoms with Crippen molar-refractivity contribution in [1.29, 1.82) is 0 Å². The van der Waals surface area contributed by atoms with Gasteiger partial charge in [0.1, 0.15) is 5.75 Å². The lowest BCUT2D eigenvalue weighted by Gasteiger charge is -2.22. The van der Waals surface area contributed by atoms with Gasteiger partial charge in [-0.3, -0.25) is 9.59 Å². The topological polar surface area (TPSA) is 68.3 Å². The van der Waals surface area contributed by atoms with Crippen molar-refractivity contribution in [1.82, 2.24) is 9.80 Å². The minimum Gasteiger partial charge on any atom is -0.493 e. The van der Waals surface area contributed by atoms with Gasteiger partial charge in [-0.2, -0.15) is 0 Å². The monoisotopic (exact) mass is 426 g/mol. The van der Waals surface area contributed by atoms with E-state index in [9.17, 15) is 9.59 Å². The maximum Gasteiger partial charge on any atom is 0.260 e. The molecule has 0 bridgehead atoms. The highest BCUT2D eigenvalue weighted by Gasteiger charge is 2.22. The lowest BCUT2D eigenvalue weighted by molar-refractivity contribution is -0.134. The molecule has 1 heterocycles. The highest BCUT2D eigenvalue weighted by Crippen LogP contribution is 2.28. The maximum absolute atomic E-state index is 12.8. The zero-order valence-corrected chi connectivity index (χ0v) is 18.4. The number of aryl methyl sites for hydroxylation is 1. The van der Waals surface area contributed by atoms with Crippen LogP contribution in [0.2, 0.25) is 0 Å². The summed E-state index contributed by atoms with van der Waals surface area (Å²) >= 11 is 0. The van der Waals surface area contributed by atoms with Crippen molar-refractivity contribution in [2.45, 2.75) is 19.8 Å². The number of methoxy groups -OCH3 is 2. The van der Waals surface area contributed by atoms with E-state index in [1.165, 1.54) is 0 Å². The second-order valence-corrected chi connectivity index (χ2v) is 7.58. The number of amides is 2. The number of ether oxygens (including phenoxy) is 3. The van der Waals surface area contributed by atoms with Crippen LogP contribution in [-0.4, -0.2) is 68.6 Å². The fraction of sp³-hybridized carbons (Fsp3) is 0.417. The van der Waals surface area contributed by atoms with Crippen molar-refractivity contribution in [3.63, 3.8) is 0 Å². The Labute approximate surface area is 183 Å². The number of hydrogen-bond acceptors (Lipinski definition) is 5. The first-order valence-electron chi connectivity index (χ1n) is 10.5. The van der Waals surface area contributed by atoms with Gasteiger partial charge >= 0.3 is 0 Å². The normalized spacial score (nSPS) is 14.0. The fourth-order valence-corrected chi connectivity index (χ4v) is 3.56. The first-order chi connectivity index (χ1) is 15.0. The summed E-state index contributed by atoms with van der Waals surface area (Å²) < 4.78 is 16.2. The Balaban J connectivity index is 1.51. The number of rotatable bonds is 7. The number of hydrogen-bond donors (Lipinski definition) is 0. The molecule has 2 aromatic rings. The summed E-state index contributed by atoms with van der Waals surface area (Å²) in [5, 5.41) is 0. The molecule has 7 heteroatoms. The predicted octanol–water partition coefficient (Wildman–Crippen LogP) is 2.69. The molecule has 3 rings (SSSR count). The van der Waals surface area contributed by atoms with Gasteiger partial charge in [0.2, 0.25) is 5.91 Å². The second kappa shape index (κ2) is 10.7. The highest BCUT2D eigenvalue weighted by atomic mass is 16.5. The molecule has 0 unspecified atom stereocenters. The van der Waals surface area contributed by atoms with E-state index in [0.29, 0.717) is 43.4 Å². The number of carbonyl (C=O) groups excluding carboxylic acids is 2. The van der Waals surface area contributed by atoms with Crippen LogP contribution >= 0.6 is 0 Å². The van der Waals surface area contributed by atoms with Crippen LogP contribution in [0.4, 0.5) is 0 Å². The van der Waals surface area contributed by atoms with Gasteiger partial charge in [-0.25, -0.2) is 0 Å². The number of nitrogens with zero attached hydrogens (tertiary/aromatic N) is 2. The van der Waals surface area contributed by atoms with Crippen LogP contribution in [0.1, 0.15) is 17.5 Å². The molecule has 0 spiro atoms. The summed E-state index contributed by atoms with van der Waals surface area (Å²) in [6.45, 7) is 4.29. The smallest absolute Gasteiger partial charge is 0.260 e. The molecule has 2 aromatic carbocycles. The molecule has 2 amide bonds. The summed E-state index contributed by atoms with van der Waals surface area (Å²) in [5.74, 6) is 1.90. The molecule has 1 aliphatic rings. The van der Waals surface area contributed by atoms with Crippen molar-refractivity contribution in [2.24, 2.45) is 0 Å². The molecule has 0 saturated carbocycles. The zero-order chi connectivity index (χ0) is 22.2. The second-order valence-electron chi connectivity index (χ2n) is 7.58. The van der Waals surface area contributed by atoms with Gasteiger partial charge < -0.3 is 24.0 Å². The van der Waals surface area contributed by atoms with E-state index in [1.807, 2.05) is 48.2 Å². The van der Waals surface area contributed by atoms with Gasteiger partial charge in [-0.1, -0.05) is 23.8 Å². The van der Waals surface area contributed by atoms with Crippen molar-refractivity contribution in [2.75, 3.05) is 47.0 Å². The molecule has 1 saturated heterocycles. The van der Waals surface area contributed by atoms with Crippen LogP contribution in [0.5, 0.6) is 17.2 Å². The van der Waals surface area contributed by atoms with Crippen molar-refractivity contribution in [3.05, 3.63) is 53.6 Å². The maximum atomic E-state index is 12.8. The Morgan fingerprint density at radius 3 is 2.13 bits per heavy atom. The molecule has 0 radical (unpaired) electrons. The summed E-state index contributed by atoms with van der Waals surface area (Å²) in [5.41, 5.74) is 2.01. The standard InChI is InChI=1S/C24H30N2O5/c1-18-5-8-20(9-6-18)31-17-24(28)26-12-4-11-25(13-14-26)23(27)16-19-7-10-21(29-2)22(15-19)30-3/h5-10,15H,4,11-14,16-17H2,1-3H3. The van der Waals surface area contributed by atoms with Gasteiger partial charge in [0.05, 0.1) is 20.6 Å². The third-order valence-corrected chi connectivity index (χ3v) is 5.39. The van der Waals surface area contributed by atoms with Crippen LogP contribution < -0.4 is 14.2 Å². The average molecular weight is 427 g/mol. The number of carbonyl (C=O) groups is 2. The van der Waals surface area contributed by atoms with Gasteiger partial charge in [0, 0.05) is 26.2 Å². The van der Waals surface area contributed by atoms with E-state index < -0.39 is 0 Å². The van der Waals surface area contributed by atoms with Crippen LogP contribution in [-0.2, 0) is 16.0 Å². The van der Waals surface area contributed by atoms with E-state index in [1.54, 1.807) is 25.2 Å². The van der Waals surface area contributed by atoms with E-state index in [2.05, 4.69) is 0 Å². The lowest BCUT2D eigenvalue weighted by atomic mass is 10.1. The lowest BCUT2D eigenvalue weighted by Crippen LogP contribution is -2.39. The Morgan fingerprint density at radius 1 is 0.839 bits per heavy atom. The van der Waals surface area contributed by atoms with Crippen LogP contribution in [0, 0.1) is 6.92 Å². The first kappa shape index (κ1) is 22.5. The molecule has 0 aromatic heterocycles. The van der Waals surface area contributed by atoms with Gasteiger partial charge in [0.25, 0.3) is 5.91 Å². The van der Waals surface area contributed by atoms with Crippen molar-refractivity contribution < 1.29 is 23.8 Å². The molecule has 31 heavy (non-hydrogen) atoms. The largest absolute Gasteiger partial charge is 0.493 e. The molecular weight excluding hydrogens is 396 g/mol. The molecular formula is C24H30N2O5. The quantitative estimate of drug-likeness (QED) is 0.681. The third-order valence-electron chi connectivity index (χ3n) is 5.39. The Bertz CT molecular complexity index is 897. The van der Waals surface area contributed by atoms with Gasteiger partial charge in [-0.05, 0) is 43.2 Å². The van der Waals surface area contributed by atoms with E-state index >= 15 is 0 Å². The predicted molar refractivity (Wildman–Crippen MR) is 118 cm³/mol. The van der Waals surface area contributed by atoms with Crippen LogP contribution in [0.25, 0.3) is 0 Å². The summed E-state index contributed by atoms with van der Waals surface area (Å²) in [7, 11) is 3.16. The van der Waals surface area contributed by atoms with E-state index in [4.69, 9.17) is 14.2 Å².